The second-order valence-electron chi connectivity index (χ2n) is 3.72. The smallest absolute Gasteiger partial charge is 0.133 e. The van der Waals surface area contributed by atoms with Crippen LogP contribution in [-0.4, -0.2) is 5.84 Å². The molecule has 0 aliphatic rings. The number of nitrogen functional groups attached to an aromatic ring is 1. The molecule has 1 aromatic carbocycles. The van der Waals surface area contributed by atoms with E-state index in [1.54, 1.807) is 22.7 Å². The van der Waals surface area contributed by atoms with Crippen LogP contribution in [0.2, 0.25) is 0 Å². The molecule has 3 rings (SSSR count). The third-order valence-corrected chi connectivity index (χ3v) is 4.65. The van der Waals surface area contributed by atoms with Crippen LogP contribution in [0.3, 0.4) is 0 Å². The number of nitrogens with two attached hydrogens (primary N) is 1. The van der Waals surface area contributed by atoms with Gasteiger partial charge in [0.1, 0.15) is 5.84 Å². The summed E-state index contributed by atoms with van der Waals surface area (Å²) in [6, 6.07) is 12.4. The summed E-state index contributed by atoms with van der Waals surface area (Å²) in [6.07, 6.45) is 0. The Hall–Kier alpha value is -1.65. The molecule has 0 saturated carbocycles. The Morgan fingerprint density at radius 2 is 2.06 bits per heavy atom. The standard InChI is InChI=1S/C13H10N2S2/c14-13(15)12-7-9-8(10-5-2-6-16-10)3-1-4-11(9)17-12/h1-7H,(H3,14,15). The maximum absolute atomic E-state index is 7.50. The highest BCUT2D eigenvalue weighted by molar-refractivity contribution is 7.21. The molecule has 0 atom stereocenters. The molecule has 17 heavy (non-hydrogen) atoms. The van der Waals surface area contributed by atoms with Gasteiger partial charge in [-0.1, -0.05) is 18.2 Å². The highest BCUT2D eigenvalue weighted by Crippen LogP contribution is 2.35. The quantitative estimate of drug-likeness (QED) is 0.531. The first-order chi connectivity index (χ1) is 8.25. The van der Waals surface area contributed by atoms with Crippen LogP contribution in [0.4, 0.5) is 0 Å². The van der Waals surface area contributed by atoms with E-state index in [0.29, 0.717) is 0 Å². The minimum absolute atomic E-state index is 0.142. The zero-order chi connectivity index (χ0) is 11.8. The molecule has 0 saturated heterocycles. The molecule has 0 bridgehead atoms. The highest BCUT2D eigenvalue weighted by Gasteiger charge is 2.09. The summed E-state index contributed by atoms with van der Waals surface area (Å²) in [5.41, 5.74) is 6.77. The van der Waals surface area contributed by atoms with Gasteiger partial charge in [-0.25, -0.2) is 0 Å². The minimum atomic E-state index is 0.142. The number of hydrogen-bond donors (Lipinski definition) is 2. The van der Waals surface area contributed by atoms with Gasteiger partial charge in [-0.3, -0.25) is 5.41 Å². The van der Waals surface area contributed by atoms with Crippen LogP contribution in [-0.2, 0) is 0 Å². The minimum Gasteiger partial charge on any atom is -0.383 e. The van der Waals surface area contributed by atoms with Gasteiger partial charge in [0.2, 0.25) is 0 Å². The molecule has 0 unspecified atom stereocenters. The third-order valence-electron chi connectivity index (χ3n) is 2.61. The monoisotopic (exact) mass is 258 g/mol. The maximum Gasteiger partial charge on any atom is 0.133 e. The third kappa shape index (κ3) is 1.75. The lowest BCUT2D eigenvalue weighted by Gasteiger charge is -1.98. The van der Waals surface area contributed by atoms with Crippen molar-refractivity contribution in [2.75, 3.05) is 0 Å². The normalized spacial score (nSPS) is 10.8. The van der Waals surface area contributed by atoms with E-state index < -0.39 is 0 Å². The second kappa shape index (κ2) is 3.98. The SMILES string of the molecule is N=C(N)c1cc2c(-c3cccs3)cccc2s1. The van der Waals surface area contributed by atoms with Crippen molar-refractivity contribution < 1.29 is 0 Å². The fraction of sp³-hybridized carbons (Fsp3) is 0. The van der Waals surface area contributed by atoms with Crippen LogP contribution >= 0.6 is 22.7 Å². The van der Waals surface area contributed by atoms with Crippen molar-refractivity contribution in [2.45, 2.75) is 0 Å². The number of benzene rings is 1. The van der Waals surface area contributed by atoms with Gasteiger partial charge in [0.15, 0.2) is 0 Å². The number of nitrogens with one attached hydrogen (secondary N) is 1. The van der Waals surface area contributed by atoms with E-state index in [1.165, 1.54) is 20.5 Å². The number of rotatable bonds is 2. The van der Waals surface area contributed by atoms with E-state index in [9.17, 15) is 0 Å². The molecule has 4 heteroatoms. The number of fused-ring (bicyclic) bond motifs is 1. The van der Waals surface area contributed by atoms with Gasteiger partial charge in [-0.15, -0.1) is 22.7 Å². The van der Waals surface area contributed by atoms with Gasteiger partial charge in [-0.05, 0) is 23.6 Å². The number of thiophene rings is 2. The molecule has 3 aromatic rings. The first-order valence-electron chi connectivity index (χ1n) is 5.16. The lowest BCUT2D eigenvalue weighted by Crippen LogP contribution is -2.08. The highest BCUT2D eigenvalue weighted by atomic mass is 32.1. The van der Waals surface area contributed by atoms with E-state index in [-0.39, 0.29) is 5.84 Å². The zero-order valence-corrected chi connectivity index (χ0v) is 10.6. The molecule has 3 N–H and O–H groups in total. The van der Waals surface area contributed by atoms with E-state index >= 15 is 0 Å². The largest absolute Gasteiger partial charge is 0.383 e. The maximum atomic E-state index is 7.50. The van der Waals surface area contributed by atoms with E-state index in [2.05, 4.69) is 35.7 Å². The Balaban J connectivity index is 2.29. The zero-order valence-electron chi connectivity index (χ0n) is 8.94. The van der Waals surface area contributed by atoms with Crippen LogP contribution in [0.5, 0.6) is 0 Å². The van der Waals surface area contributed by atoms with Gasteiger partial charge < -0.3 is 5.73 Å². The van der Waals surface area contributed by atoms with Crippen LogP contribution in [0, 0.1) is 5.41 Å². The Labute approximate surface area is 107 Å². The van der Waals surface area contributed by atoms with E-state index in [1.807, 2.05) is 6.07 Å². The fourth-order valence-electron chi connectivity index (χ4n) is 1.84. The average molecular weight is 258 g/mol. The predicted octanol–water partition coefficient (Wildman–Crippen LogP) is 3.91. The summed E-state index contributed by atoms with van der Waals surface area (Å²) in [5.74, 6) is 0.142. The molecule has 2 nitrogen and oxygen atoms in total. The van der Waals surface area contributed by atoms with Crippen LogP contribution in [0.1, 0.15) is 4.88 Å². The Morgan fingerprint density at radius 3 is 2.76 bits per heavy atom. The molecule has 0 spiro atoms. The van der Waals surface area contributed by atoms with Crippen molar-refractivity contribution >= 4 is 38.6 Å². The predicted molar refractivity (Wildman–Crippen MR) is 76.2 cm³/mol. The average Bonchev–Trinajstić information content (AvgIpc) is 2.97. The van der Waals surface area contributed by atoms with E-state index in [4.69, 9.17) is 11.1 Å². The molecule has 0 aliphatic heterocycles. The Morgan fingerprint density at radius 1 is 1.18 bits per heavy atom. The van der Waals surface area contributed by atoms with Gasteiger partial charge in [-0.2, -0.15) is 0 Å². The van der Waals surface area contributed by atoms with Gasteiger partial charge >= 0.3 is 0 Å². The first kappa shape index (κ1) is 10.5. The van der Waals surface area contributed by atoms with Crippen molar-refractivity contribution in [3.05, 3.63) is 46.7 Å². The second-order valence-corrected chi connectivity index (χ2v) is 5.75. The van der Waals surface area contributed by atoms with Crippen molar-refractivity contribution in [3.8, 4) is 10.4 Å². The van der Waals surface area contributed by atoms with Crippen molar-refractivity contribution in [2.24, 2.45) is 5.73 Å². The molecule has 84 valence electrons. The molecule has 0 radical (unpaired) electrons. The number of amidine groups is 1. The molecule has 2 aromatic heterocycles. The van der Waals surface area contributed by atoms with Crippen molar-refractivity contribution in [1.29, 1.82) is 5.41 Å². The molecule has 2 heterocycles. The summed E-state index contributed by atoms with van der Waals surface area (Å²) in [6.45, 7) is 0. The molecular formula is C13H10N2S2. The molecule has 0 amide bonds. The summed E-state index contributed by atoms with van der Waals surface area (Å²) in [7, 11) is 0. The van der Waals surface area contributed by atoms with Crippen molar-refractivity contribution in [3.63, 3.8) is 0 Å². The van der Waals surface area contributed by atoms with Gasteiger partial charge in [0.05, 0.1) is 4.88 Å². The Bertz CT molecular complexity index is 681. The Kier molecular flexibility index (Phi) is 2.46. The van der Waals surface area contributed by atoms with E-state index in [0.717, 1.165) is 4.88 Å². The summed E-state index contributed by atoms with van der Waals surface area (Å²) in [4.78, 5) is 2.09. The van der Waals surface area contributed by atoms with Crippen molar-refractivity contribution in [1.82, 2.24) is 0 Å². The summed E-state index contributed by atoms with van der Waals surface area (Å²) < 4.78 is 1.18. The van der Waals surface area contributed by atoms with Gasteiger partial charge in [0.25, 0.3) is 0 Å². The summed E-state index contributed by atoms with van der Waals surface area (Å²) >= 11 is 3.30. The lowest BCUT2D eigenvalue weighted by atomic mass is 10.1. The lowest BCUT2D eigenvalue weighted by molar-refractivity contribution is 1.46. The first-order valence-corrected chi connectivity index (χ1v) is 6.86. The summed E-state index contributed by atoms with van der Waals surface area (Å²) in [5, 5.41) is 10.8. The molecule has 0 aliphatic carbocycles. The fourth-order valence-corrected chi connectivity index (χ4v) is 3.56. The van der Waals surface area contributed by atoms with Gasteiger partial charge in [0, 0.05) is 20.5 Å². The number of hydrogen-bond acceptors (Lipinski definition) is 3. The topological polar surface area (TPSA) is 49.9 Å². The van der Waals surface area contributed by atoms with Crippen LogP contribution in [0.15, 0.2) is 41.8 Å². The van der Waals surface area contributed by atoms with Crippen LogP contribution in [0.25, 0.3) is 20.5 Å². The molecular weight excluding hydrogens is 248 g/mol. The van der Waals surface area contributed by atoms with Crippen LogP contribution < -0.4 is 5.73 Å². The molecule has 0 fully saturated rings.